The van der Waals surface area contributed by atoms with E-state index in [0.717, 1.165) is 4.47 Å². The second kappa shape index (κ2) is 1.18. The van der Waals surface area contributed by atoms with E-state index in [9.17, 15) is 8.42 Å². The summed E-state index contributed by atoms with van der Waals surface area (Å²) in [4.78, 5) is 4.21. The Morgan fingerprint density at radius 1 is 1.67 bits per heavy atom. The summed E-state index contributed by atoms with van der Waals surface area (Å²) < 4.78 is 20.1. The molecule has 0 N–H and O–H groups in total. The zero-order valence-electron chi connectivity index (χ0n) is 2.83. The van der Waals surface area contributed by atoms with Gasteiger partial charge >= 0.3 is 0 Å². The molecule has 0 aromatic heterocycles. The average Bonchev–Trinajstić information content (AvgIpc) is 2.06. The lowest BCUT2D eigenvalue weighted by Crippen LogP contribution is -1.87. The van der Waals surface area contributed by atoms with Crippen molar-refractivity contribution in [2.45, 2.75) is 0 Å². The Balaban J connectivity index is 2.52. The zero-order valence-corrected chi connectivity index (χ0v) is 3.72. The average molecular weight is 109 g/mol. The third-order valence-corrected chi connectivity index (χ3v) is 1.02. The highest BCUT2D eigenvalue weighted by Gasteiger charge is 2.20. The van der Waals surface area contributed by atoms with Gasteiger partial charge in [0.2, 0.25) is 10.9 Å². The monoisotopic (exact) mass is 109 g/mol. The van der Waals surface area contributed by atoms with Crippen molar-refractivity contribution >= 4 is 10.9 Å². The lowest BCUT2D eigenvalue weighted by molar-refractivity contribution is 0.300. The molecule has 1 heterocycles. The minimum atomic E-state index is -2.44. The van der Waals surface area contributed by atoms with Crippen LogP contribution in [0.2, 0.25) is 0 Å². The lowest BCUT2D eigenvalue weighted by Gasteiger charge is -1.67. The Kier molecular flexibility index (Phi) is 0.793. The van der Waals surface area contributed by atoms with E-state index >= 15 is 0 Å². The minimum absolute atomic E-state index is 0.235. The van der Waals surface area contributed by atoms with Crippen molar-refractivity contribution in [2.75, 3.05) is 6.73 Å². The van der Waals surface area contributed by atoms with Crippen molar-refractivity contribution in [3.63, 3.8) is 0 Å². The van der Waals surface area contributed by atoms with Crippen LogP contribution >= 0.6 is 0 Å². The summed E-state index contributed by atoms with van der Waals surface area (Å²) >= 11 is 0. The zero-order chi connectivity index (χ0) is 4.57. The first-order valence-corrected chi connectivity index (χ1v) is 2.48. The van der Waals surface area contributed by atoms with Gasteiger partial charge in [0.05, 0.1) is 0 Å². The predicted molar refractivity (Wildman–Crippen MR) is 18.1 cm³/mol. The number of hydrogen-bond donors (Lipinski definition) is 1. The molecule has 0 bridgehead atoms. The van der Waals surface area contributed by atoms with Crippen molar-refractivity contribution < 1.29 is 13.3 Å². The van der Waals surface area contributed by atoms with E-state index < -0.39 is 10.9 Å². The Bertz CT molecular complexity index is 106. The highest BCUT2D eigenvalue weighted by atomic mass is 32.2. The van der Waals surface area contributed by atoms with Gasteiger partial charge in [-0.2, -0.15) is 0 Å². The quantitative estimate of drug-likeness (QED) is 0.337. The number of thiol groups is 1. The molecule has 1 unspecified atom stereocenters. The molecule has 0 aromatic rings. The maximum absolute atomic E-state index is 9.60. The molecule has 0 amide bonds. The molecular weight excluding hydrogens is 106 g/mol. The molecule has 0 aliphatic carbocycles. The SMILES string of the molecule is O=[SH](=O)N1CO1. The van der Waals surface area contributed by atoms with Crippen molar-refractivity contribution in [3.05, 3.63) is 0 Å². The minimum Gasteiger partial charge on any atom is -0.263 e. The Morgan fingerprint density at radius 3 is 2.17 bits per heavy atom. The van der Waals surface area contributed by atoms with Gasteiger partial charge in [-0.05, 0) is 0 Å². The second-order valence-electron chi connectivity index (χ2n) is 0.848. The smallest absolute Gasteiger partial charge is 0.228 e. The van der Waals surface area contributed by atoms with Gasteiger partial charge in [-0.15, -0.1) is 0 Å². The first-order chi connectivity index (χ1) is 2.80. The topological polar surface area (TPSA) is 49.7 Å². The summed E-state index contributed by atoms with van der Waals surface area (Å²) in [5.74, 6) is 0. The van der Waals surface area contributed by atoms with E-state index in [4.69, 9.17) is 0 Å². The first kappa shape index (κ1) is 4.04. The number of rotatable bonds is 1. The maximum atomic E-state index is 9.60. The molecule has 0 radical (unpaired) electrons. The fourth-order valence-corrected chi connectivity index (χ4v) is 0.360. The van der Waals surface area contributed by atoms with Gasteiger partial charge in [0.1, 0.15) is 0 Å². The van der Waals surface area contributed by atoms with E-state index in [1.807, 2.05) is 0 Å². The van der Waals surface area contributed by atoms with Crippen LogP contribution in [0.25, 0.3) is 0 Å². The van der Waals surface area contributed by atoms with Gasteiger partial charge in [0.25, 0.3) is 0 Å². The molecule has 1 fully saturated rings. The highest BCUT2D eigenvalue weighted by Crippen LogP contribution is 2.03. The summed E-state index contributed by atoms with van der Waals surface area (Å²) in [5, 5.41) is 0. The molecule has 1 aliphatic heterocycles. The molecule has 4 nitrogen and oxygen atoms in total. The molecular formula is CH3NO3S. The molecule has 36 valence electrons. The van der Waals surface area contributed by atoms with Crippen molar-refractivity contribution in [3.8, 4) is 0 Å². The molecule has 5 heteroatoms. The Hall–Kier alpha value is -0.130. The molecule has 1 saturated heterocycles. The van der Waals surface area contributed by atoms with Gasteiger partial charge in [0.15, 0.2) is 6.73 Å². The van der Waals surface area contributed by atoms with Crippen LogP contribution in [0.5, 0.6) is 0 Å². The fraction of sp³-hybridized carbons (Fsp3) is 1.00. The van der Waals surface area contributed by atoms with Crippen LogP contribution in [-0.2, 0) is 15.7 Å². The van der Waals surface area contributed by atoms with E-state index in [2.05, 4.69) is 4.84 Å². The van der Waals surface area contributed by atoms with Crippen molar-refractivity contribution in [1.29, 1.82) is 0 Å². The van der Waals surface area contributed by atoms with Crippen LogP contribution < -0.4 is 0 Å². The van der Waals surface area contributed by atoms with E-state index in [0.29, 0.717) is 0 Å². The Labute approximate surface area is 36.4 Å². The molecule has 6 heavy (non-hydrogen) atoms. The van der Waals surface area contributed by atoms with E-state index in [1.165, 1.54) is 0 Å². The predicted octanol–water partition coefficient (Wildman–Crippen LogP) is -1.28. The fourth-order valence-electron chi connectivity index (χ4n) is 0.120. The summed E-state index contributed by atoms with van der Waals surface area (Å²) in [6.45, 7) is 0.235. The molecule has 0 saturated carbocycles. The van der Waals surface area contributed by atoms with E-state index in [-0.39, 0.29) is 6.73 Å². The largest absolute Gasteiger partial charge is 0.263 e. The van der Waals surface area contributed by atoms with Crippen LogP contribution in [-0.4, -0.2) is 19.6 Å². The normalized spacial score (nSPS) is 31.2. The maximum Gasteiger partial charge on any atom is 0.228 e. The lowest BCUT2D eigenvalue weighted by atomic mass is 11.5. The number of nitrogens with zero attached hydrogens (tertiary/aromatic N) is 1. The van der Waals surface area contributed by atoms with Crippen LogP contribution in [0.4, 0.5) is 0 Å². The third-order valence-electron chi connectivity index (χ3n) is 0.427. The van der Waals surface area contributed by atoms with Gasteiger partial charge in [-0.1, -0.05) is 4.47 Å². The standard InChI is InChI=1S/CH3NO3S/c3-6(4)2-1-5-2/h6H,1H2. The number of hydroxylamine groups is 1. The summed E-state index contributed by atoms with van der Waals surface area (Å²) in [6, 6.07) is 0. The molecule has 1 aliphatic rings. The molecule has 0 aromatic carbocycles. The Morgan fingerprint density at radius 2 is 2.17 bits per heavy atom. The van der Waals surface area contributed by atoms with E-state index in [1.54, 1.807) is 0 Å². The van der Waals surface area contributed by atoms with Crippen molar-refractivity contribution in [1.82, 2.24) is 4.47 Å². The van der Waals surface area contributed by atoms with Crippen LogP contribution in [0, 0.1) is 0 Å². The number of hydrogen-bond acceptors (Lipinski definition) is 3. The molecule has 0 spiro atoms. The highest BCUT2D eigenvalue weighted by molar-refractivity contribution is 7.69. The van der Waals surface area contributed by atoms with Crippen LogP contribution in [0.3, 0.4) is 0 Å². The summed E-state index contributed by atoms with van der Waals surface area (Å²) in [6.07, 6.45) is 0. The van der Waals surface area contributed by atoms with Gasteiger partial charge < -0.3 is 0 Å². The van der Waals surface area contributed by atoms with Gasteiger partial charge in [-0.3, -0.25) is 4.84 Å². The third kappa shape index (κ3) is 0.675. The van der Waals surface area contributed by atoms with Crippen LogP contribution in [0.15, 0.2) is 0 Å². The second-order valence-corrected chi connectivity index (χ2v) is 1.77. The molecule has 1 rings (SSSR count). The first-order valence-electron chi connectivity index (χ1n) is 1.35. The van der Waals surface area contributed by atoms with Gasteiger partial charge in [0, 0.05) is 0 Å². The van der Waals surface area contributed by atoms with Crippen molar-refractivity contribution in [2.24, 2.45) is 0 Å². The summed E-state index contributed by atoms with van der Waals surface area (Å²) in [5.41, 5.74) is 0. The van der Waals surface area contributed by atoms with Gasteiger partial charge in [-0.25, -0.2) is 8.42 Å². The van der Waals surface area contributed by atoms with Crippen LogP contribution in [0.1, 0.15) is 0 Å². The molecule has 1 atom stereocenters. The summed E-state index contributed by atoms with van der Waals surface area (Å²) in [7, 11) is -2.44.